The fourth-order valence-corrected chi connectivity index (χ4v) is 2.94. The summed E-state index contributed by atoms with van der Waals surface area (Å²) >= 11 is 6.12. The molecule has 1 N–H and O–H groups in total. The van der Waals surface area contributed by atoms with Crippen molar-refractivity contribution in [2.45, 2.75) is 32.2 Å². The highest BCUT2D eigenvalue weighted by molar-refractivity contribution is 6.31. The maximum atomic E-state index is 6.12. The number of nitrogens with zero attached hydrogens (tertiary/aromatic N) is 1. The molecular formula is C15H17ClN2. The van der Waals surface area contributed by atoms with E-state index in [4.69, 9.17) is 11.6 Å². The number of piperidine rings is 1. The highest BCUT2D eigenvalue weighted by atomic mass is 35.5. The predicted octanol–water partition coefficient (Wildman–Crippen LogP) is 4.01. The van der Waals surface area contributed by atoms with Gasteiger partial charge < -0.3 is 5.32 Å². The van der Waals surface area contributed by atoms with Crippen molar-refractivity contribution < 1.29 is 0 Å². The minimum atomic E-state index is 0.446. The van der Waals surface area contributed by atoms with E-state index in [9.17, 15) is 0 Å². The first-order chi connectivity index (χ1) is 8.74. The van der Waals surface area contributed by atoms with Gasteiger partial charge in [-0.15, -0.1) is 0 Å². The van der Waals surface area contributed by atoms with Gasteiger partial charge in [0.25, 0.3) is 0 Å². The third kappa shape index (κ3) is 2.23. The van der Waals surface area contributed by atoms with E-state index >= 15 is 0 Å². The summed E-state index contributed by atoms with van der Waals surface area (Å²) in [6.07, 6.45) is 3.77. The second-order valence-electron chi connectivity index (χ2n) is 5.02. The number of hydrogen-bond donors (Lipinski definition) is 1. The van der Waals surface area contributed by atoms with Crippen molar-refractivity contribution in [3.05, 3.63) is 40.5 Å². The summed E-state index contributed by atoms with van der Waals surface area (Å²) in [5.74, 6) is 0. The van der Waals surface area contributed by atoms with Gasteiger partial charge in [0.1, 0.15) is 0 Å². The van der Waals surface area contributed by atoms with Crippen LogP contribution >= 0.6 is 11.6 Å². The summed E-state index contributed by atoms with van der Waals surface area (Å²) in [6, 6.07) is 8.60. The molecule has 0 saturated carbocycles. The zero-order chi connectivity index (χ0) is 12.5. The Morgan fingerprint density at radius 1 is 1.28 bits per heavy atom. The SMILES string of the molecule is Cc1cc(C2CCCCN2)c2cc(Cl)ccc2n1. The van der Waals surface area contributed by atoms with Crippen LogP contribution in [0.5, 0.6) is 0 Å². The molecular weight excluding hydrogens is 244 g/mol. The van der Waals surface area contributed by atoms with Crippen molar-refractivity contribution in [1.82, 2.24) is 10.3 Å². The predicted molar refractivity (Wildman–Crippen MR) is 76.1 cm³/mol. The van der Waals surface area contributed by atoms with Crippen molar-refractivity contribution in [2.75, 3.05) is 6.54 Å². The van der Waals surface area contributed by atoms with Crippen LogP contribution in [0.1, 0.15) is 36.6 Å². The van der Waals surface area contributed by atoms with Crippen LogP contribution in [0.2, 0.25) is 5.02 Å². The topological polar surface area (TPSA) is 24.9 Å². The smallest absolute Gasteiger partial charge is 0.0709 e. The lowest BCUT2D eigenvalue weighted by atomic mass is 9.94. The molecule has 1 saturated heterocycles. The van der Waals surface area contributed by atoms with E-state index in [1.807, 2.05) is 18.2 Å². The Balaban J connectivity index is 2.16. The van der Waals surface area contributed by atoms with Crippen molar-refractivity contribution in [3.63, 3.8) is 0 Å². The zero-order valence-corrected chi connectivity index (χ0v) is 11.3. The monoisotopic (exact) mass is 260 g/mol. The van der Waals surface area contributed by atoms with Crippen molar-refractivity contribution in [3.8, 4) is 0 Å². The molecule has 1 aromatic heterocycles. The van der Waals surface area contributed by atoms with E-state index in [1.165, 1.54) is 30.2 Å². The molecule has 0 bridgehead atoms. The molecule has 18 heavy (non-hydrogen) atoms. The molecule has 1 aliphatic rings. The van der Waals surface area contributed by atoms with Crippen LogP contribution < -0.4 is 5.32 Å². The maximum absolute atomic E-state index is 6.12. The number of halogens is 1. The molecule has 3 heteroatoms. The van der Waals surface area contributed by atoms with Gasteiger partial charge in [-0.05, 0) is 56.1 Å². The molecule has 0 radical (unpaired) electrons. The zero-order valence-electron chi connectivity index (χ0n) is 10.5. The van der Waals surface area contributed by atoms with Crippen molar-refractivity contribution >= 4 is 22.5 Å². The molecule has 0 spiro atoms. The number of aromatic nitrogens is 1. The van der Waals surface area contributed by atoms with Gasteiger partial charge in [0.15, 0.2) is 0 Å². The Morgan fingerprint density at radius 3 is 2.94 bits per heavy atom. The third-order valence-electron chi connectivity index (χ3n) is 3.62. The molecule has 0 aliphatic carbocycles. The molecule has 3 rings (SSSR count). The van der Waals surface area contributed by atoms with E-state index < -0.39 is 0 Å². The molecule has 2 heterocycles. The molecule has 1 unspecified atom stereocenters. The van der Waals surface area contributed by atoms with E-state index in [1.54, 1.807) is 0 Å². The molecule has 1 aromatic carbocycles. The first-order valence-corrected chi connectivity index (χ1v) is 6.92. The minimum absolute atomic E-state index is 0.446. The Morgan fingerprint density at radius 2 is 2.17 bits per heavy atom. The summed E-state index contributed by atoms with van der Waals surface area (Å²) in [5, 5.41) is 5.57. The summed E-state index contributed by atoms with van der Waals surface area (Å²) in [6.45, 7) is 3.16. The average molecular weight is 261 g/mol. The summed E-state index contributed by atoms with van der Waals surface area (Å²) < 4.78 is 0. The Kier molecular flexibility index (Phi) is 3.23. The Hall–Kier alpha value is -1.12. The van der Waals surface area contributed by atoms with Crippen molar-refractivity contribution in [2.24, 2.45) is 0 Å². The van der Waals surface area contributed by atoms with Gasteiger partial charge >= 0.3 is 0 Å². The first kappa shape index (κ1) is 11.9. The highest BCUT2D eigenvalue weighted by Gasteiger charge is 2.18. The minimum Gasteiger partial charge on any atom is -0.310 e. The summed E-state index contributed by atoms with van der Waals surface area (Å²) in [7, 11) is 0. The average Bonchev–Trinajstić information content (AvgIpc) is 2.39. The first-order valence-electron chi connectivity index (χ1n) is 6.54. The molecule has 0 amide bonds. The van der Waals surface area contributed by atoms with E-state index in [0.29, 0.717) is 6.04 Å². The number of rotatable bonds is 1. The van der Waals surface area contributed by atoms with Crippen LogP contribution in [0.15, 0.2) is 24.3 Å². The highest BCUT2D eigenvalue weighted by Crippen LogP contribution is 2.30. The number of nitrogens with one attached hydrogen (secondary N) is 1. The normalized spacial score (nSPS) is 20.2. The fourth-order valence-electron chi connectivity index (χ4n) is 2.77. The standard InChI is InChI=1S/C15H17ClN2/c1-10-8-12(14-4-2-3-7-17-14)13-9-11(16)5-6-15(13)18-10/h5-6,8-9,14,17H,2-4,7H2,1H3. The summed E-state index contributed by atoms with van der Waals surface area (Å²) in [5.41, 5.74) is 3.47. The number of hydrogen-bond acceptors (Lipinski definition) is 2. The Bertz CT molecular complexity index is 574. The Labute approximate surface area is 112 Å². The second kappa shape index (κ2) is 4.87. The summed E-state index contributed by atoms with van der Waals surface area (Å²) in [4.78, 5) is 4.59. The maximum Gasteiger partial charge on any atom is 0.0709 e. The third-order valence-corrected chi connectivity index (χ3v) is 3.85. The van der Waals surface area contributed by atoms with Gasteiger partial charge in [0.05, 0.1) is 5.52 Å². The fraction of sp³-hybridized carbons (Fsp3) is 0.400. The van der Waals surface area contributed by atoms with Gasteiger partial charge in [-0.3, -0.25) is 4.98 Å². The van der Waals surface area contributed by atoms with Crippen LogP contribution in [0.25, 0.3) is 10.9 Å². The largest absolute Gasteiger partial charge is 0.310 e. The van der Waals surface area contributed by atoms with Crippen LogP contribution in [0.4, 0.5) is 0 Å². The van der Waals surface area contributed by atoms with Crippen LogP contribution in [0, 0.1) is 6.92 Å². The van der Waals surface area contributed by atoms with Gasteiger partial charge in [0.2, 0.25) is 0 Å². The van der Waals surface area contributed by atoms with Crippen LogP contribution in [0.3, 0.4) is 0 Å². The lowest BCUT2D eigenvalue weighted by Gasteiger charge is -2.25. The van der Waals surface area contributed by atoms with Gasteiger partial charge in [-0.1, -0.05) is 18.0 Å². The van der Waals surface area contributed by atoms with Gasteiger partial charge in [-0.25, -0.2) is 0 Å². The quantitative estimate of drug-likeness (QED) is 0.838. The van der Waals surface area contributed by atoms with Crippen LogP contribution in [-0.4, -0.2) is 11.5 Å². The van der Waals surface area contributed by atoms with Crippen LogP contribution in [-0.2, 0) is 0 Å². The molecule has 2 nitrogen and oxygen atoms in total. The van der Waals surface area contributed by atoms with E-state index in [0.717, 1.165) is 22.8 Å². The number of aryl methyl sites for hydroxylation is 1. The molecule has 1 atom stereocenters. The molecule has 94 valence electrons. The van der Waals surface area contributed by atoms with Crippen molar-refractivity contribution in [1.29, 1.82) is 0 Å². The lowest BCUT2D eigenvalue weighted by molar-refractivity contribution is 0.414. The molecule has 2 aromatic rings. The van der Waals surface area contributed by atoms with Gasteiger partial charge in [0, 0.05) is 22.1 Å². The number of benzene rings is 1. The molecule has 1 fully saturated rings. The number of fused-ring (bicyclic) bond motifs is 1. The number of pyridine rings is 1. The van der Waals surface area contributed by atoms with Gasteiger partial charge in [-0.2, -0.15) is 0 Å². The molecule has 1 aliphatic heterocycles. The van der Waals surface area contributed by atoms with E-state index in [-0.39, 0.29) is 0 Å². The lowest BCUT2D eigenvalue weighted by Crippen LogP contribution is -2.27. The van der Waals surface area contributed by atoms with E-state index in [2.05, 4.69) is 23.3 Å². The second-order valence-corrected chi connectivity index (χ2v) is 5.45.